The van der Waals surface area contributed by atoms with E-state index in [2.05, 4.69) is 4.98 Å². The van der Waals surface area contributed by atoms with Gasteiger partial charge in [-0.3, -0.25) is 4.79 Å². The fourth-order valence-corrected chi connectivity index (χ4v) is 1.72. The minimum atomic E-state index is -0.136. The molecule has 2 N–H and O–H groups in total. The average molecular weight is 250 g/mol. The molecular formula is C12H12ClN3O. The number of carbonyl (C=O) groups excluding carboxylic acids is 1. The Balaban J connectivity index is 2.24. The Morgan fingerprint density at radius 2 is 2.29 bits per heavy atom. The monoisotopic (exact) mass is 249 g/mol. The Hall–Kier alpha value is -1.65. The molecule has 0 saturated carbocycles. The highest BCUT2D eigenvalue weighted by atomic mass is 35.5. The Morgan fingerprint density at radius 3 is 3.00 bits per heavy atom. The molecular weight excluding hydrogens is 238 g/mol. The zero-order valence-corrected chi connectivity index (χ0v) is 9.89. The van der Waals surface area contributed by atoms with Gasteiger partial charge in [0.15, 0.2) is 0 Å². The highest BCUT2D eigenvalue weighted by molar-refractivity contribution is 6.31. The van der Waals surface area contributed by atoms with E-state index in [4.69, 9.17) is 17.3 Å². The van der Waals surface area contributed by atoms with Crippen LogP contribution in [0.25, 0.3) is 0 Å². The van der Waals surface area contributed by atoms with Gasteiger partial charge < -0.3 is 10.3 Å². The third-order valence-electron chi connectivity index (χ3n) is 2.34. The molecule has 1 aromatic heterocycles. The van der Waals surface area contributed by atoms with Gasteiger partial charge in [-0.15, -0.1) is 0 Å². The molecule has 0 saturated heterocycles. The number of halogens is 1. The van der Waals surface area contributed by atoms with Crippen LogP contribution in [-0.2, 0) is 6.54 Å². The fraction of sp³-hybridized carbons (Fsp3) is 0.167. The van der Waals surface area contributed by atoms with Gasteiger partial charge in [-0.05, 0) is 12.1 Å². The second-order valence-corrected chi connectivity index (χ2v) is 4.06. The number of nitrogens with zero attached hydrogens (tertiary/aromatic N) is 2. The van der Waals surface area contributed by atoms with Crippen molar-refractivity contribution in [1.82, 2.24) is 9.55 Å². The largest absolute Gasteiger partial charge is 0.335 e. The summed E-state index contributed by atoms with van der Waals surface area (Å²) < 4.78 is 1.79. The van der Waals surface area contributed by atoms with E-state index in [1.165, 1.54) is 0 Å². The smallest absolute Gasteiger partial charge is 0.212 e. The van der Waals surface area contributed by atoms with Crippen LogP contribution in [-0.4, -0.2) is 21.9 Å². The molecule has 0 unspecified atom stereocenters. The lowest BCUT2D eigenvalue weighted by atomic mass is 10.1. The number of ketones is 1. The van der Waals surface area contributed by atoms with Crippen molar-refractivity contribution in [1.29, 1.82) is 0 Å². The molecule has 0 radical (unpaired) electrons. The van der Waals surface area contributed by atoms with E-state index in [0.717, 1.165) is 0 Å². The summed E-state index contributed by atoms with van der Waals surface area (Å²) in [7, 11) is 0. The first kappa shape index (κ1) is 11.8. The molecule has 0 aliphatic heterocycles. The molecule has 0 amide bonds. The van der Waals surface area contributed by atoms with Crippen molar-refractivity contribution in [3.8, 4) is 0 Å². The number of hydrogen-bond donors (Lipinski definition) is 1. The molecule has 1 aromatic carbocycles. The van der Waals surface area contributed by atoms with E-state index in [9.17, 15) is 4.79 Å². The number of imidazole rings is 1. The summed E-state index contributed by atoms with van der Waals surface area (Å²) in [5.74, 6) is -0.136. The number of rotatable bonds is 4. The highest BCUT2D eigenvalue weighted by Gasteiger charge is 2.12. The van der Waals surface area contributed by atoms with E-state index in [-0.39, 0.29) is 5.78 Å². The zero-order valence-electron chi connectivity index (χ0n) is 9.14. The molecule has 4 nitrogen and oxygen atoms in total. The van der Waals surface area contributed by atoms with E-state index in [1.807, 2.05) is 0 Å². The minimum absolute atomic E-state index is 0.136. The molecule has 0 atom stereocenters. The van der Waals surface area contributed by atoms with Gasteiger partial charge in [0.05, 0.1) is 6.33 Å². The van der Waals surface area contributed by atoms with Crippen molar-refractivity contribution in [3.05, 3.63) is 53.1 Å². The van der Waals surface area contributed by atoms with Crippen LogP contribution >= 0.6 is 11.6 Å². The van der Waals surface area contributed by atoms with Gasteiger partial charge in [0.1, 0.15) is 5.69 Å². The molecule has 88 valence electrons. The predicted molar refractivity (Wildman–Crippen MR) is 66.2 cm³/mol. The molecule has 2 aromatic rings. The van der Waals surface area contributed by atoms with Crippen molar-refractivity contribution in [2.75, 3.05) is 6.54 Å². The number of carbonyl (C=O) groups is 1. The first-order valence-electron chi connectivity index (χ1n) is 5.23. The lowest BCUT2D eigenvalue weighted by Crippen LogP contribution is -2.08. The predicted octanol–water partition coefficient (Wildman–Crippen LogP) is 1.73. The van der Waals surface area contributed by atoms with Gasteiger partial charge in [0.25, 0.3) is 0 Å². The maximum atomic E-state index is 12.1. The lowest BCUT2D eigenvalue weighted by Gasteiger charge is -1.98. The van der Waals surface area contributed by atoms with Crippen LogP contribution in [0.2, 0.25) is 5.02 Å². The van der Waals surface area contributed by atoms with Gasteiger partial charge >= 0.3 is 0 Å². The van der Waals surface area contributed by atoms with Crippen molar-refractivity contribution in [2.24, 2.45) is 5.73 Å². The van der Waals surface area contributed by atoms with Crippen LogP contribution in [0.1, 0.15) is 16.1 Å². The zero-order chi connectivity index (χ0) is 12.3. The minimum Gasteiger partial charge on any atom is -0.335 e. The normalized spacial score (nSPS) is 10.5. The Morgan fingerprint density at radius 1 is 1.47 bits per heavy atom. The first-order valence-corrected chi connectivity index (χ1v) is 5.60. The van der Waals surface area contributed by atoms with Gasteiger partial charge in [0.2, 0.25) is 5.78 Å². The summed E-state index contributed by atoms with van der Waals surface area (Å²) in [5.41, 5.74) is 6.37. The molecule has 17 heavy (non-hydrogen) atoms. The first-order chi connectivity index (χ1) is 8.20. The van der Waals surface area contributed by atoms with Crippen LogP contribution in [0.4, 0.5) is 0 Å². The topological polar surface area (TPSA) is 60.9 Å². The number of hydrogen-bond acceptors (Lipinski definition) is 3. The maximum absolute atomic E-state index is 12.1. The number of aromatic nitrogens is 2. The Labute approximate surface area is 104 Å². The molecule has 0 aliphatic carbocycles. The summed E-state index contributed by atoms with van der Waals surface area (Å²) in [6.45, 7) is 1.16. The van der Waals surface area contributed by atoms with Crippen molar-refractivity contribution in [3.63, 3.8) is 0 Å². The SMILES string of the molecule is NCCn1cnc(C(=O)c2cccc(Cl)c2)c1. The van der Waals surface area contributed by atoms with Crippen molar-refractivity contribution < 1.29 is 4.79 Å². The molecule has 0 spiro atoms. The van der Waals surface area contributed by atoms with E-state index in [0.29, 0.717) is 29.4 Å². The van der Waals surface area contributed by atoms with Gasteiger partial charge in [-0.25, -0.2) is 4.98 Å². The highest BCUT2D eigenvalue weighted by Crippen LogP contribution is 2.13. The number of benzene rings is 1. The maximum Gasteiger partial charge on any atom is 0.212 e. The van der Waals surface area contributed by atoms with Crippen LogP contribution in [0.3, 0.4) is 0 Å². The third-order valence-corrected chi connectivity index (χ3v) is 2.58. The standard InChI is InChI=1S/C12H12ClN3O/c13-10-3-1-2-9(6-10)12(17)11-7-16(5-4-14)8-15-11/h1-3,6-8H,4-5,14H2. The van der Waals surface area contributed by atoms with Gasteiger partial charge in [-0.2, -0.15) is 0 Å². The van der Waals surface area contributed by atoms with E-state index < -0.39 is 0 Å². The van der Waals surface area contributed by atoms with Gasteiger partial charge in [0, 0.05) is 29.9 Å². The molecule has 0 fully saturated rings. The molecule has 0 bridgehead atoms. The van der Waals surface area contributed by atoms with Crippen LogP contribution in [0.15, 0.2) is 36.8 Å². The van der Waals surface area contributed by atoms with E-state index >= 15 is 0 Å². The Kier molecular flexibility index (Phi) is 3.56. The summed E-state index contributed by atoms with van der Waals surface area (Å²) in [6, 6.07) is 6.82. The molecule has 2 rings (SSSR count). The van der Waals surface area contributed by atoms with Crippen molar-refractivity contribution in [2.45, 2.75) is 6.54 Å². The second-order valence-electron chi connectivity index (χ2n) is 3.62. The fourth-order valence-electron chi connectivity index (χ4n) is 1.53. The third kappa shape index (κ3) is 2.72. The average Bonchev–Trinajstić information content (AvgIpc) is 2.77. The van der Waals surface area contributed by atoms with Crippen LogP contribution in [0, 0.1) is 0 Å². The molecule has 0 aliphatic rings. The lowest BCUT2D eigenvalue weighted by molar-refractivity contribution is 0.103. The summed E-state index contributed by atoms with van der Waals surface area (Å²) in [4.78, 5) is 16.1. The molecule has 1 heterocycles. The molecule has 5 heteroatoms. The Bertz CT molecular complexity index is 536. The summed E-state index contributed by atoms with van der Waals surface area (Å²) >= 11 is 5.84. The van der Waals surface area contributed by atoms with Gasteiger partial charge in [-0.1, -0.05) is 23.7 Å². The second kappa shape index (κ2) is 5.12. The van der Waals surface area contributed by atoms with Crippen LogP contribution in [0.5, 0.6) is 0 Å². The quantitative estimate of drug-likeness (QED) is 0.840. The van der Waals surface area contributed by atoms with E-state index in [1.54, 1.807) is 41.4 Å². The number of nitrogens with two attached hydrogens (primary N) is 1. The van der Waals surface area contributed by atoms with Crippen molar-refractivity contribution >= 4 is 17.4 Å². The summed E-state index contributed by atoms with van der Waals surface area (Å²) in [5, 5.41) is 0.539. The summed E-state index contributed by atoms with van der Waals surface area (Å²) in [6.07, 6.45) is 3.29. The van der Waals surface area contributed by atoms with Crippen LogP contribution < -0.4 is 5.73 Å².